The lowest BCUT2D eigenvalue weighted by Gasteiger charge is -2.14. The molecule has 0 unspecified atom stereocenters. The average molecular weight is 507 g/mol. The van der Waals surface area contributed by atoms with Gasteiger partial charge in [0.25, 0.3) is 5.91 Å². The number of aryl methyl sites for hydroxylation is 1. The van der Waals surface area contributed by atoms with Crippen LogP contribution in [0, 0.1) is 0 Å². The number of rotatable bonds is 13. The van der Waals surface area contributed by atoms with Crippen LogP contribution in [0.4, 0.5) is 0 Å². The molecule has 1 amide bonds. The number of fused-ring (bicyclic) bond motifs is 1. The van der Waals surface area contributed by atoms with Crippen LogP contribution < -0.4 is 10.1 Å². The summed E-state index contributed by atoms with van der Waals surface area (Å²) in [7, 11) is 4.00. The fourth-order valence-corrected chi connectivity index (χ4v) is 3.65. The Morgan fingerprint density at radius 2 is 2.00 bits per heavy atom. The van der Waals surface area contributed by atoms with Crippen molar-refractivity contribution in [3.63, 3.8) is 0 Å². The highest BCUT2D eigenvalue weighted by molar-refractivity contribution is 5.94. The highest BCUT2D eigenvalue weighted by atomic mass is 16.5. The van der Waals surface area contributed by atoms with E-state index in [1.807, 2.05) is 42.9 Å². The Balaban J connectivity index is 1.38. The maximum Gasteiger partial charge on any atom is 0.305 e. The van der Waals surface area contributed by atoms with Gasteiger partial charge in [0.15, 0.2) is 5.65 Å². The van der Waals surface area contributed by atoms with Gasteiger partial charge in [0, 0.05) is 31.3 Å². The molecule has 0 spiro atoms. The van der Waals surface area contributed by atoms with Gasteiger partial charge < -0.3 is 24.6 Å². The number of hydrogen-bond acceptors (Lipinski definition) is 8. The molecule has 1 aromatic carbocycles. The van der Waals surface area contributed by atoms with Crippen LogP contribution in [-0.2, 0) is 24.3 Å². The molecule has 0 aliphatic heterocycles. The largest absolute Gasteiger partial charge is 0.492 e. The first-order chi connectivity index (χ1) is 17.9. The van der Waals surface area contributed by atoms with Crippen molar-refractivity contribution in [2.24, 2.45) is 0 Å². The van der Waals surface area contributed by atoms with Crippen LogP contribution in [0.5, 0.6) is 5.75 Å². The molecule has 2 N–H and O–H groups in total. The van der Waals surface area contributed by atoms with Crippen molar-refractivity contribution in [1.82, 2.24) is 39.7 Å². The Morgan fingerprint density at radius 3 is 2.81 bits per heavy atom. The van der Waals surface area contributed by atoms with Gasteiger partial charge in [-0.25, -0.2) is 9.97 Å². The van der Waals surface area contributed by atoms with Crippen molar-refractivity contribution in [2.75, 3.05) is 33.8 Å². The number of imidazole rings is 1. The van der Waals surface area contributed by atoms with E-state index in [4.69, 9.17) is 9.84 Å². The van der Waals surface area contributed by atoms with Crippen molar-refractivity contribution < 1.29 is 19.4 Å². The third kappa shape index (κ3) is 7.10. The van der Waals surface area contributed by atoms with Gasteiger partial charge in [0.2, 0.25) is 0 Å². The molecule has 4 aromatic rings. The molecular weight excluding hydrogens is 476 g/mol. The summed E-state index contributed by atoms with van der Waals surface area (Å²) in [4.78, 5) is 34.5. The van der Waals surface area contributed by atoms with Crippen molar-refractivity contribution in [2.45, 2.75) is 25.9 Å². The van der Waals surface area contributed by atoms with Crippen molar-refractivity contribution in [3.05, 3.63) is 65.9 Å². The summed E-state index contributed by atoms with van der Waals surface area (Å²) >= 11 is 0. The van der Waals surface area contributed by atoms with E-state index in [1.54, 1.807) is 24.7 Å². The maximum absolute atomic E-state index is 12.7. The molecule has 0 bridgehead atoms. The number of aromatic nitrogens is 6. The lowest BCUT2D eigenvalue weighted by molar-refractivity contribution is -0.137. The van der Waals surface area contributed by atoms with Gasteiger partial charge in [-0.05, 0) is 32.3 Å². The van der Waals surface area contributed by atoms with E-state index in [9.17, 15) is 9.59 Å². The molecule has 3 aromatic heterocycles. The van der Waals surface area contributed by atoms with E-state index in [0.717, 1.165) is 17.9 Å². The summed E-state index contributed by atoms with van der Waals surface area (Å²) in [5, 5.41) is 19.5. The van der Waals surface area contributed by atoms with E-state index in [2.05, 4.69) is 30.5 Å². The highest BCUT2D eigenvalue weighted by Gasteiger charge is 2.13. The van der Waals surface area contributed by atoms with E-state index in [0.29, 0.717) is 43.0 Å². The van der Waals surface area contributed by atoms with E-state index in [-0.39, 0.29) is 24.6 Å². The summed E-state index contributed by atoms with van der Waals surface area (Å²) in [6.07, 6.45) is 3.83. The normalized spacial score (nSPS) is 11.2. The van der Waals surface area contributed by atoms with E-state index in [1.165, 1.54) is 4.68 Å². The molecule has 0 radical (unpaired) electrons. The molecule has 0 saturated carbocycles. The molecule has 12 nitrogen and oxygen atoms in total. The van der Waals surface area contributed by atoms with Crippen molar-refractivity contribution >= 4 is 23.0 Å². The molecule has 0 aliphatic carbocycles. The second-order valence-corrected chi connectivity index (χ2v) is 8.79. The first-order valence-corrected chi connectivity index (χ1v) is 12.0. The number of pyridine rings is 1. The van der Waals surface area contributed by atoms with Crippen molar-refractivity contribution in [3.8, 4) is 5.75 Å². The topological polar surface area (TPSA) is 140 Å². The predicted molar refractivity (Wildman–Crippen MR) is 135 cm³/mol. The van der Waals surface area contributed by atoms with Gasteiger partial charge >= 0.3 is 5.97 Å². The molecule has 37 heavy (non-hydrogen) atoms. The van der Waals surface area contributed by atoms with Gasteiger partial charge in [0.05, 0.1) is 31.5 Å². The first-order valence-electron chi connectivity index (χ1n) is 12.0. The first kappa shape index (κ1) is 25.8. The number of nitrogens with zero attached hydrogens (tertiary/aromatic N) is 7. The van der Waals surface area contributed by atoms with Crippen LogP contribution in [0.3, 0.4) is 0 Å². The molecule has 0 atom stereocenters. The Morgan fingerprint density at radius 1 is 1.16 bits per heavy atom. The minimum atomic E-state index is -0.896. The third-order valence-electron chi connectivity index (χ3n) is 5.61. The minimum Gasteiger partial charge on any atom is -0.492 e. The van der Waals surface area contributed by atoms with Gasteiger partial charge in [-0.1, -0.05) is 23.4 Å². The third-order valence-corrected chi connectivity index (χ3v) is 5.61. The smallest absolute Gasteiger partial charge is 0.305 e. The zero-order chi connectivity index (χ0) is 26.2. The van der Waals surface area contributed by atoms with Crippen LogP contribution in [0.1, 0.15) is 28.2 Å². The van der Waals surface area contributed by atoms with Crippen LogP contribution in [0.15, 0.2) is 48.9 Å². The number of carbonyl (C=O) groups excluding carboxylic acids is 1. The van der Waals surface area contributed by atoms with Crippen LogP contribution in [0.2, 0.25) is 0 Å². The van der Waals surface area contributed by atoms with Crippen LogP contribution in [-0.4, -0.2) is 85.2 Å². The lowest BCUT2D eigenvalue weighted by Crippen LogP contribution is -2.26. The number of ether oxygens (including phenoxy) is 1. The monoisotopic (exact) mass is 506 g/mol. The zero-order valence-corrected chi connectivity index (χ0v) is 20.9. The van der Waals surface area contributed by atoms with Gasteiger partial charge in [-0.3, -0.25) is 14.3 Å². The molecule has 0 fully saturated rings. The summed E-state index contributed by atoms with van der Waals surface area (Å²) in [6.45, 7) is 2.48. The SMILES string of the molecule is CN(C)CCOc1ccccc1Cn1cnc2ccc(C(=O)NCCc3cn(CCC(=O)O)nn3)nc21. The summed E-state index contributed by atoms with van der Waals surface area (Å²) < 4.78 is 9.36. The summed E-state index contributed by atoms with van der Waals surface area (Å²) in [6, 6.07) is 11.3. The fraction of sp³-hybridized carbons (Fsp3) is 0.360. The van der Waals surface area contributed by atoms with Gasteiger partial charge in [-0.15, -0.1) is 5.10 Å². The quantitative estimate of drug-likeness (QED) is 0.276. The number of carboxylic acid groups (broad SMARTS) is 1. The second-order valence-electron chi connectivity index (χ2n) is 8.79. The summed E-state index contributed by atoms with van der Waals surface area (Å²) in [5.41, 5.74) is 3.25. The maximum atomic E-state index is 12.7. The molecule has 4 rings (SSSR count). The molecule has 0 saturated heterocycles. The number of aliphatic carboxylic acids is 1. The standard InChI is InChI=1S/C25H30N8O4/c1-31(2)13-14-37-22-6-4-3-5-18(22)15-32-17-27-20-7-8-21(28-24(20)32)25(36)26-11-9-19-16-33(30-29-19)12-10-23(34)35/h3-8,16-17H,9-15H2,1-2H3,(H,26,36)(H,34,35). The Bertz CT molecular complexity index is 1360. The lowest BCUT2D eigenvalue weighted by atomic mass is 10.2. The highest BCUT2D eigenvalue weighted by Crippen LogP contribution is 2.21. The molecule has 3 heterocycles. The number of carbonyl (C=O) groups is 2. The second kappa shape index (κ2) is 12.1. The number of nitrogens with one attached hydrogen (secondary N) is 1. The number of amides is 1. The van der Waals surface area contributed by atoms with Crippen molar-refractivity contribution in [1.29, 1.82) is 0 Å². The summed E-state index contributed by atoms with van der Waals surface area (Å²) in [5.74, 6) is -0.395. The predicted octanol–water partition coefficient (Wildman–Crippen LogP) is 1.46. The minimum absolute atomic E-state index is 0.0284. The van der Waals surface area contributed by atoms with Gasteiger partial charge in [0.1, 0.15) is 23.6 Å². The Kier molecular flexibility index (Phi) is 8.41. The molecule has 12 heteroatoms. The number of benzene rings is 1. The average Bonchev–Trinajstić information content (AvgIpc) is 3.50. The molecular formula is C25H30N8O4. The van der Waals surface area contributed by atoms with Crippen LogP contribution >= 0.6 is 0 Å². The number of likely N-dealkylation sites (N-methyl/N-ethyl adjacent to an activating group) is 1. The fourth-order valence-electron chi connectivity index (χ4n) is 3.65. The van der Waals surface area contributed by atoms with Crippen LogP contribution in [0.25, 0.3) is 11.2 Å². The molecule has 194 valence electrons. The van der Waals surface area contributed by atoms with E-state index >= 15 is 0 Å². The van der Waals surface area contributed by atoms with Gasteiger partial charge in [-0.2, -0.15) is 0 Å². The number of hydrogen-bond donors (Lipinski definition) is 2. The van der Waals surface area contributed by atoms with E-state index < -0.39 is 5.97 Å². The molecule has 0 aliphatic rings. The Hall–Kier alpha value is -4.32. The number of carboxylic acids is 1. The number of para-hydroxylation sites is 1. The zero-order valence-electron chi connectivity index (χ0n) is 20.9. The Labute approximate surface area is 213 Å².